The number of hydrogen-bond donors (Lipinski definition) is 0. The number of ketones is 1. The molecule has 1 nitrogen and oxygen atoms in total. The smallest absolute Gasteiger partial charge is 0.133 e. The zero-order valence-corrected chi connectivity index (χ0v) is 6.53. The van der Waals surface area contributed by atoms with Gasteiger partial charge in [-0.25, -0.2) is 0 Å². The van der Waals surface area contributed by atoms with Crippen molar-refractivity contribution in [3.05, 3.63) is 6.92 Å². The molecule has 0 saturated heterocycles. The number of rotatable bonds is 2. The predicted octanol–water partition coefficient (Wildman–Crippen LogP) is 2.22. The Morgan fingerprint density at radius 2 is 1.89 bits per heavy atom. The van der Waals surface area contributed by atoms with E-state index in [1.165, 1.54) is 0 Å². The van der Waals surface area contributed by atoms with Crippen LogP contribution in [0.2, 0.25) is 0 Å². The zero-order valence-electron chi connectivity index (χ0n) is 6.53. The van der Waals surface area contributed by atoms with Gasteiger partial charge in [0.1, 0.15) is 5.78 Å². The summed E-state index contributed by atoms with van der Waals surface area (Å²) in [6.07, 6.45) is 1.55. The maximum Gasteiger partial charge on any atom is 0.133 e. The minimum atomic E-state index is 0.0462. The number of Topliss-reactive ketones (excluding diaryl/α,β-unsaturated/α-hetero) is 1. The van der Waals surface area contributed by atoms with Crippen molar-refractivity contribution in [2.24, 2.45) is 5.41 Å². The summed E-state index contributed by atoms with van der Waals surface area (Å²) < 4.78 is 0. The van der Waals surface area contributed by atoms with Crippen LogP contribution in [0.3, 0.4) is 0 Å². The lowest BCUT2D eigenvalue weighted by Crippen LogP contribution is -2.06. The fourth-order valence-electron chi connectivity index (χ4n) is 0.514. The second-order valence-corrected chi connectivity index (χ2v) is 3.60. The van der Waals surface area contributed by atoms with Gasteiger partial charge in [-0.2, -0.15) is 0 Å². The second-order valence-electron chi connectivity index (χ2n) is 3.60. The van der Waals surface area contributed by atoms with Crippen LogP contribution in [0.1, 0.15) is 33.6 Å². The normalized spacial score (nSPS) is 11.6. The molecule has 0 aliphatic carbocycles. The van der Waals surface area contributed by atoms with E-state index in [1.807, 2.05) is 0 Å². The van der Waals surface area contributed by atoms with Crippen LogP contribution in [0.5, 0.6) is 0 Å². The fraction of sp³-hybridized carbons (Fsp3) is 0.750. The molecular weight excluding hydrogens is 112 g/mol. The zero-order chi connectivity index (χ0) is 7.49. The molecule has 0 aromatic heterocycles. The maximum atomic E-state index is 10.4. The molecule has 0 aliphatic rings. The third-order valence-electron chi connectivity index (χ3n) is 1.15. The standard InChI is InChI=1S/C8H15O/c1-7(9)5-6-8(2,3)4/h1,5-6H2,2-4H3. The van der Waals surface area contributed by atoms with Gasteiger partial charge in [-0.15, -0.1) is 0 Å². The van der Waals surface area contributed by atoms with Crippen LogP contribution in [-0.2, 0) is 4.79 Å². The van der Waals surface area contributed by atoms with Crippen molar-refractivity contribution in [1.29, 1.82) is 0 Å². The highest BCUT2D eigenvalue weighted by molar-refractivity contribution is 5.82. The third kappa shape index (κ3) is 7.67. The first-order valence-electron chi connectivity index (χ1n) is 3.26. The molecule has 0 amide bonds. The van der Waals surface area contributed by atoms with E-state index in [2.05, 4.69) is 27.7 Å². The minimum absolute atomic E-state index is 0.0462. The summed E-state index contributed by atoms with van der Waals surface area (Å²) in [5.74, 6) is 0.0462. The van der Waals surface area contributed by atoms with Gasteiger partial charge in [0.2, 0.25) is 0 Å². The molecule has 0 N–H and O–H groups in total. The number of carbonyl (C=O) groups excluding carboxylic acids is 1. The van der Waals surface area contributed by atoms with Gasteiger partial charge in [-0.3, -0.25) is 4.79 Å². The van der Waals surface area contributed by atoms with Crippen molar-refractivity contribution in [2.75, 3.05) is 0 Å². The maximum absolute atomic E-state index is 10.4. The van der Waals surface area contributed by atoms with E-state index in [-0.39, 0.29) is 11.2 Å². The highest BCUT2D eigenvalue weighted by Crippen LogP contribution is 2.20. The topological polar surface area (TPSA) is 17.1 Å². The largest absolute Gasteiger partial charge is 0.300 e. The van der Waals surface area contributed by atoms with Gasteiger partial charge in [0.15, 0.2) is 0 Å². The van der Waals surface area contributed by atoms with Crippen LogP contribution in [0, 0.1) is 12.3 Å². The Morgan fingerprint density at radius 3 is 2.00 bits per heavy atom. The summed E-state index contributed by atoms with van der Waals surface area (Å²) in [5, 5.41) is 0. The highest BCUT2D eigenvalue weighted by Gasteiger charge is 2.10. The van der Waals surface area contributed by atoms with E-state index in [0.717, 1.165) is 6.42 Å². The van der Waals surface area contributed by atoms with Gasteiger partial charge < -0.3 is 0 Å². The number of hydrogen-bond acceptors (Lipinski definition) is 1. The Morgan fingerprint density at radius 1 is 1.44 bits per heavy atom. The van der Waals surface area contributed by atoms with Crippen LogP contribution < -0.4 is 0 Å². The van der Waals surface area contributed by atoms with E-state index in [9.17, 15) is 4.79 Å². The van der Waals surface area contributed by atoms with Crippen LogP contribution in [0.15, 0.2) is 0 Å². The molecule has 0 aliphatic heterocycles. The summed E-state index contributed by atoms with van der Waals surface area (Å²) in [6, 6.07) is 0. The first-order chi connectivity index (χ1) is 3.92. The summed E-state index contributed by atoms with van der Waals surface area (Å²) in [5.41, 5.74) is 0.271. The third-order valence-corrected chi connectivity index (χ3v) is 1.15. The fourth-order valence-corrected chi connectivity index (χ4v) is 0.514. The average molecular weight is 127 g/mol. The molecule has 0 bridgehead atoms. The van der Waals surface area contributed by atoms with E-state index < -0.39 is 0 Å². The van der Waals surface area contributed by atoms with Crippen LogP contribution in [0.25, 0.3) is 0 Å². The van der Waals surface area contributed by atoms with Gasteiger partial charge in [-0.05, 0) is 11.8 Å². The van der Waals surface area contributed by atoms with E-state index in [1.54, 1.807) is 0 Å². The van der Waals surface area contributed by atoms with E-state index in [0.29, 0.717) is 6.42 Å². The lowest BCUT2D eigenvalue weighted by molar-refractivity contribution is -0.115. The predicted molar refractivity (Wildman–Crippen MR) is 39.1 cm³/mol. The summed E-state index contributed by atoms with van der Waals surface area (Å²) in [4.78, 5) is 10.4. The van der Waals surface area contributed by atoms with E-state index in [4.69, 9.17) is 0 Å². The lowest BCUT2D eigenvalue weighted by Gasteiger charge is -2.15. The Bertz CT molecular complexity index is 97.6. The Hall–Kier alpha value is -0.330. The average Bonchev–Trinajstić information content (AvgIpc) is 1.59. The first-order valence-corrected chi connectivity index (χ1v) is 3.26. The monoisotopic (exact) mass is 127 g/mol. The summed E-state index contributed by atoms with van der Waals surface area (Å²) >= 11 is 0. The second kappa shape index (κ2) is 3.00. The van der Waals surface area contributed by atoms with Gasteiger partial charge >= 0.3 is 0 Å². The molecule has 1 heteroatoms. The minimum Gasteiger partial charge on any atom is -0.300 e. The molecule has 0 heterocycles. The van der Waals surface area contributed by atoms with Gasteiger partial charge in [0, 0.05) is 13.3 Å². The molecule has 0 aromatic carbocycles. The van der Waals surface area contributed by atoms with E-state index >= 15 is 0 Å². The van der Waals surface area contributed by atoms with Crippen molar-refractivity contribution in [1.82, 2.24) is 0 Å². The molecule has 0 rings (SSSR count). The van der Waals surface area contributed by atoms with Gasteiger partial charge in [0.05, 0.1) is 0 Å². The van der Waals surface area contributed by atoms with Crippen LogP contribution >= 0.6 is 0 Å². The summed E-state index contributed by atoms with van der Waals surface area (Å²) in [7, 11) is 0. The first kappa shape index (κ1) is 8.67. The highest BCUT2D eigenvalue weighted by atomic mass is 16.1. The Labute approximate surface area is 57.5 Å². The number of carbonyl (C=O) groups is 1. The SMILES string of the molecule is [CH2]C(=O)CCC(C)(C)C. The summed E-state index contributed by atoms with van der Waals surface area (Å²) in [6.45, 7) is 9.67. The van der Waals surface area contributed by atoms with Crippen molar-refractivity contribution >= 4 is 5.78 Å². The molecule has 53 valence electrons. The van der Waals surface area contributed by atoms with Crippen LogP contribution in [-0.4, -0.2) is 5.78 Å². The van der Waals surface area contributed by atoms with Crippen molar-refractivity contribution < 1.29 is 4.79 Å². The molecular formula is C8H15O. The molecule has 0 unspecified atom stereocenters. The molecule has 9 heavy (non-hydrogen) atoms. The Kier molecular flexibility index (Phi) is 2.89. The van der Waals surface area contributed by atoms with Crippen molar-refractivity contribution in [3.63, 3.8) is 0 Å². The van der Waals surface area contributed by atoms with Crippen LogP contribution in [0.4, 0.5) is 0 Å². The van der Waals surface area contributed by atoms with Crippen molar-refractivity contribution in [3.8, 4) is 0 Å². The lowest BCUT2D eigenvalue weighted by atomic mass is 9.90. The van der Waals surface area contributed by atoms with Gasteiger partial charge in [-0.1, -0.05) is 20.8 Å². The molecule has 0 atom stereocenters. The molecule has 0 spiro atoms. The molecule has 0 fully saturated rings. The molecule has 0 saturated carbocycles. The van der Waals surface area contributed by atoms with Crippen molar-refractivity contribution in [2.45, 2.75) is 33.6 Å². The molecule has 1 radical (unpaired) electrons. The molecule has 0 aromatic rings. The Balaban J connectivity index is 3.39. The van der Waals surface area contributed by atoms with Gasteiger partial charge in [0.25, 0.3) is 0 Å². The quantitative estimate of drug-likeness (QED) is 0.556.